The fourth-order valence-corrected chi connectivity index (χ4v) is 5.22. The molecule has 0 aliphatic carbocycles. The highest BCUT2D eigenvalue weighted by molar-refractivity contribution is 7.91. The van der Waals surface area contributed by atoms with Crippen molar-refractivity contribution in [2.75, 3.05) is 7.11 Å². The van der Waals surface area contributed by atoms with E-state index < -0.39 is 21.0 Å². The van der Waals surface area contributed by atoms with Crippen molar-refractivity contribution in [2.24, 2.45) is 0 Å². The second kappa shape index (κ2) is 9.38. The number of furan rings is 1. The third-order valence-electron chi connectivity index (χ3n) is 5.83. The van der Waals surface area contributed by atoms with Crippen LogP contribution in [0.5, 0.6) is 5.75 Å². The molecule has 0 aliphatic rings. The molecule has 10 heteroatoms. The lowest BCUT2D eigenvalue weighted by Crippen LogP contribution is -2.27. The zero-order chi connectivity index (χ0) is 24.5. The molecule has 9 nitrogen and oxygen atoms in total. The van der Waals surface area contributed by atoms with Crippen molar-refractivity contribution < 1.29 is 17.6 Å². The van der Waals surface area contributed by atoms with Crippen LogP contribution in [0.2, 0.25) is 0 Å². The predicted molar refractivity (Wildman–Crippen MR) is 128 cm³/mol. The maximum atomic E-state index is 13.5. The standard InChI is InChI=1S/C24H27N5O4S/c1-15-12-25-23(26-13-15)17(3)18(4)34(30,31)14-22-27-28-24(21-11-10-16(2)33-21)29(22)19-8-6-7-9-20(19)32-5/h6-13,17-18H,14H2,1-5H3/t17-,18-/m0/s1. The SMILES string of the molecule is COc1ccccc1-n1c(CS(=O)(=O)[C@@H](C)[C@H](C)c2ncc(C)cn2)nnc1-c1ccc(C)o1. The highest BCUT2D eigenvalue weighted by Gasteiger charge is 2.32. The summed E-state index contributed by atoms with van der Waals surface area (Å²) in [6.45, 7) is 7.20. The first-order valence-electron chi connectivity index (χ1n) is 10.9. The van der Waals surface area contributed by atoms with E-state index in [0.29, 0.717) is 34.6 Å². The molecule has 0 saturated carbocycles. The average molecular weight is 482 g/mol. The van der Waals surface area contributed by atoms with E-state index >= 15 is 0 Å². The number of methoxy groups -OCH3 is 1. The van der Waals surface area contributed by atoms with Gasteiger partial charge in [0.2, 0.25) is 5.82 Å². The van der Waals surface area contributed by atoms with E-state index in [-0.39, 0.29) is 11.6 Å². The quantitative estimate of drug-likeness (QED) is 0.370. The lowest BCUT2D eigenvalue weighted by atomic mass is 10.1. The number of aryl methyl sites for hydroxylation is 2. The number of ether oxygens (including phenoxy) is 1. The number of rotatable bonds is 8. The Balaban J connectivity index is 1.75. The van der Waals surface area contributed by atoms with E-state index in [2.05, 4.69) is 20.2 Å². The first-order chi connectivity index (χ1) is 16.2. The zero-order valence-corrected chi connectivity index (χ0v) is 20.6. The van der Waals surface area contributed by atoms with Crippen LogP contribution in [0.3, 0.4) is 0 Å². The lowest BCUT2D eigenvalue weighted by Gasteiger charge is -2.19. The Hall–Kier alpha value is -3.53. The smallest absolute Gasteiger partial charge is 0.204 e. The van der Waals surface area contributed by atoms with E-state index in [1.807, 2.05) is 45.0 Å². The molecule has 34 heavy (non-hydrogen) atoms. The van der Waals surface area contributed by atoms with Crippen molar-refractivity contribution in [1.29, 1.82) is 0 Å². The van der Waals surface area contributed by atoms with Gasteiger partial charge in [0.05, 0.1) is 18.0 Å². The molecule has 0 spiro atoms. The molecule has 0 aliphatic heterocycles. The summed E-state index contributed by atoms with van der Waals surface area (Å²) in [5.74, 6) is 2.16. The first kappa shape index (κ1) is 23.6. The molecule has 4 rings (SSSR count). The summed E-state index contributed by atoms with van der Waals surface area (Å²) in [4.78, 5) is 8.63. The Bertz CT molecular complexity index is 1390. The van der Waals surface area contributed by atoms with Gasteiger partial charge in [-0.25, -0.2) is 18.4 Å². The molecule has 178 valence electrons. The molecule has 1 aromatic carbocycles. The van der Waals surface area contributed by atoms with Gasteiger partial charge in [-0.15, -0.1) is 10.2 Å². The summed E-state index contributed by atoms with van der Waals surface area (Å²) in [6.07, 6.45) is 3.38. The maximum absolute atomic E-state index is 13.5. The van der Waals surface area contributed by atoms with E-state index in [1.165, 1.54) is 0 Å². The van der Waals surface area contributed by atoms with Gasteiger partial charge in [0.15, 0.2) is 21.4 Å². The molecule has 0 bridgehead atoms. The van der Waals surface area contributed by atoms with Gasteiger partial charge in [0.25, 0.3) is 0 Å². The molecule has 0 saturated heterocycles. The van der Waals surface area contributed by atoms with Gasteiger partial charge in [-0.3, -0.25) is 4.57 Å². The van der Waals surface area contributed by atoms with E-state index in [9.17, 15) is 8.42 Å². The Labute approximate surface area is 198 Å². The number of aromatic nitrogens is 5. The van der Waals surface area contributed by atoms with E-state index in [4.69, 9.17) is 9.15 Å². The Morgan fingerprint density at radius 3 is 2.38 bits per heavy atom. The number of nitrogens with zero attached hydrogens (tertiary/aromatic N) is 5. The summed E-state index contributed by atoms with van der Waals surface area (Å²) in [5.41, 5.74) is 1.53. The minimum atomic E-state index is -3.66. The molecule has 0 N–H and O–H groups in total. The highest BCUT2D eigenvalue weighted by atomic mass is 32.2. The predicted octanol–water partition coefficient (Wildman–Crippen LogP) is 4.05. The molecule has 4 aromatic rings. The third-order valence-corrected chi connectivity index (χ3v) is 8.03. The fourth-order valence-electron chi connectivity index (χ4n) is 3.66. The Morgan fingerprint density at radius 2 is 1.74 bits per heavy atom. The number of hydrogen-bond donors (Lipinski definition) is 0. The number of hydrogen-bond acceptors (Lipinski definition) is 8. The number of benzene rings is 1. The molecular weight excluding hydrogens is 454 g/mol. The minimum absolute atomic E-state index is 0.262. The molecular formula is C24H27N5O4S. The highest BCUT2D eigenvalue weighted by Crippen LogP contribution is 2.31. The van der Waals surface area contributed by atoms with Crippen molar-refractivity contribution in [2.45, 2.75) is 44.6 Å². The monoisotopic (exact) mass is 481 g/mol. The molecule has 0 radical (unpaired) electrons. The third kappa shape index (κ3) is 4.58. The van der Waals surface area contributed by atoms with Crippen LogP contribution >= 0.6 is 0 Å². The molecule has 3 heterocycles. The van der Waals surface area contributed by atoms with Gasteiger partial charge in [-0.1, -0.05) is 19.1 Å². The van der Waals surface area contributed by atoms with Crippen LogP contribution in [-0.4, -0.2) is 45.5 Å². The van der Waals surface area contributed by atoms with Crippen LogP contribution < -0.4 is 4.74 Å². The van der Waals surface area contributed by atoms with Gasteiger partial charge < -0.3 is 9.15 Å². The number of sulfone groups is 1. The summed E-state index contributed by atoms with van der Waals surface area (Å²) >= 11 is 0. The van der Waals surface area contributed by atoms with Gasteiger partial charge in [-0.05, 0) is 50.6 Å². The van der Waals surface area contributed by atoms with E-state index in [1.54, 1.807) is 43.1 Å². The summed E-state index contributed by atoms with van der Waals surface area (Å²) in [5, 5.41) is 7.79. The van der Waals surface area contributed by atoms with Crippen molar-refractivity contribution in [3.8, 4) is 23.0 Å². The van der Waals surface area contributed by atoms with Crippen LogP contribution in [0.25, 0.3) is 17.3 Å². The first-order valence-corrected chi connectivity index (χ1v) is 12.6. The molecule has 2 atom stereocenters. The Morgan fingerprint density at radius 1 is 1.03 bits per heavy atom. The van der Waals surface area contributed by atoms with Crippen molar-refractivity contribution >= 4 is 9.84 Å². The topological polar surface area (TPSA) is 113 Å². The fraction of sp³-hybridized carbons (Fsp3) is 0.333. The summed E-state index contributed by atoms with van der Waals surface area (Å²) in [6, 6.07) is 10.9. The second-order valence-electron chi connectivity index (χ2n) is 8.28. The summed E-state index contributed by atoms with van der Waals surface area (Å²) in [7, 11) is -2.10. The molecule has 3 aromatic heterocycles. The normalized spacial score (nSPS) is 13.6. The van der Waals surface area contributed by atoms with Crippen molar-refractivity contribution in [1.82, 2.24) is 24.7 Å². The van der Waals surface area contributed by atoms with Crippen molar-refractivity contribution in [3.63, 3.8) is 0 Å². The largest absolute Gasteiger partial charge is 0.495 e. The van der Waals surface area contributed by atoms with Gasteiger partial charge in [0, 0.05) is 18.3 Å². The lowest BCUT2D eigenvalue weighted by molar-refractivity contribution is 0.412. The zero-order valence-electron chi connectivity index (χ0n) is 19.8. The van der Waals surface area contributed by atoms with Crippen LogP contribution in [0.15, 0.2) is 53.2 Å². The molecule has 0 fully saturated rings. The second-order valence-corrected chi connectivity index (χ2v) is 10.6. The van der Waals surface area contributed by atoms with E-state index in [0.717, 1.165) is 5.56 Å². The molecule has 0 unspecified atom stereocenters. The number of para-hydroxylation sites is 2. The van der Waals surface area contributed by atoms with Crippen LogP contribution in [-0.2, 0) is 15.6 Å². The van der Waals surface area contributed by atoms with Crippen LogP contribution in [0, 0.1) is 13.8 Å². The van der Waals surface area contributed by atoms with Crippen molar-refractivity contribution in [3.05, 3.63) is 71.8 Å². The summed E-state index contributed by atoms with van der Waals surface area (Å²) < 4.78 is 39.9. The minimum Gasteiger partial charge on any atom is -0.495 e. The van der Waals surface area contributed by atoms with Crippen LogP contribution in [0.4, 0.5) is 0 Å². The Kier molecular flexibility index (Phi) is 6.52. The maximum Gasteiger partial charge on any atom is 0.204 e. The van der Waals surface area contributed by atoms with Gasteiger partial charge in [-0.2, -0.15) is 0 Å². The average Bonchev–Trinajstić information content (AvgIpc) is 3.44. The van der Waals surface area contributed by atoms with Crippen LogP contribution in [0.1, 0.15) is 42.7 Å². The van der Waals surface area contributed by atoms with Gasteiger partial charge >= 0.3 is 0 Å². The molecule has 0 amide bonds. The van der Waals surface area contributed by atoms with Gasteiger partial charge in [0.1, 0.15) is 23.1 Å².